The molecule has 0 radical (unpaired) electrons. The lowest BCUT2D eigenvalue weighted by Crippen LogP contribution is -2.30. The highest BCUT2D eigenvalue weighted by molar-refractivity contribution is 7.91. The fourth-order valence-corrected chi connectivity index (χ4v) is 4.83. The van der Waals surface area contributed by atoms with Gasteiger partial charge in [-0.3, -0.25) is 9.48 Å². The summed E-state index contributed by atoms with van der Waals surface area (Å²) in [5.74, 6) is 0.420. The summed E-state index contributed by atoms with van der Waals surface area (Å²) in [6.45, 7) is 6.84. The Balaban J connectivity index is 2.02. The van der Waals surface area contributed by atoms with Crippen LogP contribution in [-0.4, -0.2) is 42.2 Å². The van der Waals surface area contributed by atoms with Crippen LogP contribution >= 0.6 is 11.6 Å². The third-order valence-corrected chi connectivity index (χ3v) is 5.93. The SMILES string of the molecule is Cc1nn(CC(C)C)c(Cl)c1C(=O)NCC1CCS(=O)(=O)C1. The van der Waals surface area contributed by atoms with E-state index in [1.54, 1.807) is 11.6 Å². The van der Waals surface area contributed by atoms with Gasteiger partial charge in [0.2, 0.25) is 0 Å². The molecule has 6 nitrogen and oxygen atoms in total. The summed E-state index contributed by atoms with van der Waals surface area (Å²) in [6.07, 6.45) is 0.599. The quantitative estimate of drug-likeness (QED) is 0.878. The molecule has 1 aromatic heterocycles. The summed E-state index contributed by atoms with van der Waals surface area (Å²) < 4.78 is 24.5. The first kappa shape index (κ1) is 17.3. The van der Waals surface area contributed by atoms with E-state index in [-0.39, 0.29) is 23.3 Å². The second-order valence-corrected chi connectivity index (χ2v) is 8.89. The average molecular weight is 348 g/mol. The molecule has 124 valence electrons. The van der Waals surface area contributed by atoms with Crippen LogP contribution in [0, 0.1) is 18.8 Å². The van der Waals surface area contributed by atoms with Crippen LogP contribution in [0.1, 0.15) is 36.3 Å². The van der Waals surface area contributed by atoms with Gasteiger partial charge < -0.3 is 5.32 Å². The highest BCUT2D eigenvalue weighted by Gasteiger charge is 2.29. The Labute approximate surface area is 136 Å². The number of hydrogen-bond donors (Lipinski definition) is 1. The molecule has 0 bridgehead atoms. The minimum Gasteiger partial charge on any atom is -0.352 e. The van der Waals surface area contributed by atoms with Gasteiger partial charge in [0.15, 0.2) is 9.84 Å². The molecule has 1 atom stereocenters. The number of aromatic nitrogens is 2. The van der Waals surface area contributed by atoms with Crippen molar-refractivity contribution in [3.63, 3.8) is 0 Å². The standard InChI is InChI=1S/C14H22ClN3O3S/c1-9(2)7-18-13(15)12(10(3)17-18)14(19)16-6-11-4-5-22(20,21)8-11/h9,11H,4-8H2,1-3H3,(H,16,19). The lowest BCUT2D eigenvalue weighted by atomic mass is 10.1. The summed E-state index contributed by atoms with van der Waals surface area (Å²) in [4.78, 5) is 12.3. The Morgan fingerprint density at radius 1 is 1.50 bits per heavy atom. The maximum atomic E-state index is 12.3. The van der Waals surface area contributed by atoms with Crippen molar-refractivity contribution in [1.82, 2.24) is 15.1 Å². The lowest BCUT2D eigenvalue weighted by molar-refractivity contribution is 0.0948. The van der Waals surface area contributed by atoms with Gasteiger partial charge in [-0.2, -0.15) is 5.10 Å². The topological polar surface area (TPSA) is 81.1 Å². The number of amides is 1. The number of nitrogens with zero attached hydrogens (tertiary/aromatic N) is 2. The Morgan fingerprint density at radius 2 is 2.18 bits per heavy atom. The number of aryl methyl sites for hydroxylation is 1. The van der Waals surface area contributed by atoms with Gasteiger partial charge in [-0.15, -0.1) is 0 Å². The van der Waals surface area contributed by atoms with Crippen LogP contribution in [0.4, 0.5) is 0 Å². The highest BCUT2D eigenvalue weighted by Crippen LogP contribution is 2.22. The average Bonchev–Trinajstić information content (AvgIpc) is 2.87. The number of hydrogen-bond acceptors (Lipinski definition) is 4. The number of halogens is 1. The zero-order valence-electron chi connectivity index (χ0n) is 13.1. The molecule has 1 N–H and O–H groups in total. The molecule has 2 rings (SSSR count). The highest BCUT2D eigenvalue weighted by atomic mass is 35.5. The van der Waals surface area contributed by atoms with Crippen molar-refractivity contribution < 1.29 is 13.2 Å². The number of rotatable bonds is 5. The van der Waals surface area contributed by atoms with E-state index in [1.807, 2.05) is 13.8 Å². The molecule has 2 heterocycles. The molecule has 1 aromatic rings. The fourth-order valence-electron chi connectivity index (χ4n) is 2.64. The minimum atomic E-state index is -2.93. The van der Waals surface area contributed by atoms with Gasteiger partial charge in [0.05, 0.1) is 22.8 Å². The first-order chi connectivity index (χ1) is 10.2. The summed E-state index contributed by atoms with van der Waals surface area (Å²) in [7, 11) is -2.93. The molecule has 1 fully saturated rings. The maximum Gasteiger partial charge on any atom is 0.256 e. The fraction of sp³-hybridized carbons (Fsp3) is 0.714. The second kappa shape index (κ2) is 6.58. The Kier molecular flexibility index (Phi) is 5.17. The Bertz CT molecular complexity index is 667. The molecule has 22 heavy (non-hydrogen) atoms. The van der Waals surface area contributed by atoms with Crippen LogP contribution in [0.5, 0.6) is 0 Å². The molecular weight excluding hydrogens is 326 g/mol. The Hall–Kier alpha value is -1.08. The second-order valence-electron chi connectivity index (χ2n) is 6.31. The van der Waals surface area contributed by atoms with Crippen LogP contribution in [0.25, 0.3) is 0 Å². The number of carbonyl (C=O) groups excluding carboxylic acids is 1. The summed E-state index contributed by atoms with van der Waals surface area (Å²) in [6, 6.07) is 0. The van der Waals surface area contributed by atoms with Crippen molar-refractivity contribution in [2.45, 2.75) is 33.7 Å². The molecule has 0 spiro atoms. The number of nitrogens with one attached hydrogen (secondary N) is 1. The van der Waals surface area contributed by atoms with Gasteiger partial charge in [0.25, 0.3) is 5.91 Å². The van der Waals surface area contributed by atoms with Crippen molar-refractivity contribution in [2.24, 2.45) is 11.8 Å². The van der Waals surface area contributed by atoms with E-state index in [0.29, 0.717) is 41.8 Å². The molecule has 0 saturated carbocycles. The minimum absolute atomic E-state index is 0.0151. The zero-order chi connectivity index (χ0) is 16.5. The lowest BCUT2D eigenvalue weighted by Gasteiger charge is -2.10. The number of carbonyl (C=O) groups is 1. The van der Waals surface area contributed by atoms with E-state index in [2.05, 4.69) is 10.4 Å². The van der Waals surface area contributed by atoms with E-state index in [9.17, 15) is 13.2 Å². The zero-order valence-corrected chi connectivity index (χ0v) is 14.7. The van der Waals surface area contributed by atoms with Gasteiger partial charge in [0.1, 0.15) is 5.15 Å². The molecule has 1 amide bonds. The van der Waals surface area contributed by atoms with Gasteiger partial charge in [-0.05, 0) is 25.2 Å². The molecule has 1 saturated heterocycles. The van der Waals surface area contributed by atoms with Crippen molar-refractivity contribution >= 4 is 27.3 Å². The van der Waals surface area contributed by atoms with E-state index in [0.717, 1.165) is 0 Å². The van der Waals surface area contributed by atoms with Gasteiger partial charge in [-0.25, -0.2) is 8.42 Å². The predicted octanol–water partition coefficient (Wildman–Crippen LogP) is 1.67. The molecule has 1 aliphatic rings. The van der Waals surface area contributed by atoms with Crippen molar-refractivity contribution in [1.29, 1.82) is 0 Å². The molecule has 8 heteroatoms. The molecule has 0 aliphatic carbocycles. The summed E-state index contributed by atoms with van der Waals surface area (Å²) in [5, 5.41) is 7.42. The first-order valence-corrected chi connectivity index (χ1v) is 9.61. The van der Waals surface area contributed by atoms with Crippen LogP contribution in [0.15, 0.2) is 0 Å². The van der Waals surface area contributed by atoms with Gasteiger partial charge in [0, 0.05) is 13.1 Å². The van der Waals surface area contributed by atoms with E-state index >= 15 is 0 Å². The molecule has 1 unspecified atom stereocenters. The van der Waals surface area contributed by atoms with Gasteiger partial charge in [-0.1, -0.05) is 25.4 Å². The van der Waals surface area contributed by atoms with Crippen LogP contribution < -0.4 is 5.32 Å². The molecular formula is C14H22ClN3O3S. The van der Waals surface area contributed by atoms with Gasteiger partial charge >= 0.3 is 0 Å². The first-order valence-electron chi connectivity index (χ1n) is 7.41. The third-order valence-electron chi connectivity index (χ3n) is 3.71. The molecule has 1 aliphatic heterocycles. The predicted molar refractivity (Wildman–Crippen MR) is 85.9 cm³/mol. The van der Waals surface area contributed by atoms with E-state index in [1.165, 1.54) is 0 Å². The Morgan fingerprint density at radius 3 is 2.73 bits per heavy atom. The summed E-state index contributed by atoms with van der Waals surface area (Å²) >= 11 is 6.25. The maximum absolute atomic E-state index is 12.3. The molecule has 0 aromatic carbocycles. The number of sulfone groups is 1. The monoisotopic (exact) mass is 347 g/mol. The third kappa shape index (κ3) is 4.01. The van der Waals surface area contributed by atoms with Crippen LogP contribution in [-0.2, 0) is 16.4 Å². The van der Waals surface area contributed by atoms with E-state index < -0.39 is 9.84 Å². The smallest absolute Gasteiger partial charge is 0.256 e. The summed E-state index contributed by atoms with van der Waals surface area (Å²) in [5.41, 5.74) is 0.963. The normalized spacial score (nSPS) is 20.5. The largest absolute Gasteiger partial charge is 0.352 e. The van der Waals surface area contributed by atoms with Crippen LogP contribution in [0.3, 0.4) is 0 Å². The van der Waals surface area contributed by atoms with Crippen molar-refractivity contribution in [3.05, 3.63) is 16.4 Å². The van der Waals surface area contributed by atoms with Crippen molar-refractivity contribution in [3.8, 4) is 0 Å². The van der Waals surface area contributed by atoms with Crippen molar-refractivity contribution in [2.75, 3.05) is 18.1 Å². The van der Waals surface area contributed by atoms with Crippen LogP contribution in [0.2, 0.25) is 5.15 Å². The van der Waals surface area contributed by atoms with E-state index in [4.69, 9.17) is 11.6 Å².